The van der Waals surface area contributed by atoms with E-state index in [1.165, 1.54) is 5.56 Å². The van der Waals surface area contributed by atoms with Crippen molar-refractivity contribution in [3.05, 3.63) is 65.5 Å². The zero-order chi connectivity index (χ0) is 18.8. The van der Waals surface area contributed by atoms with Gasteiger partial charge in [0.25, 0.3) is 0 Å². The van der Waals surface area contributed by atoms with E-state index in [1.54, 1.807) is 18.0 Å². The Hall–Kier alpha value is -2.86. The first-order valence-electron chi connectivity index (χ1n) is 9.20. The van der Waals surface area contributed by atoms with Gasteiger partial charge in [0.05, 0.1) is 12.8 Å². The molecule has 27 heavy (non-hydrogen) atoms. The lowest BCUT2D eigenvalue weighted by atomic mass is 9.92. The highest BCUT2D eigenvalue weighted by atomic mass is 16.5. The van der Waals surface area contributed by atoms with Gasteiger partial charge >= 0.3 is 0 Å². The summed E-state index contributed by atoms with van der Waals surface area (Å²) in [5, 5.41) is 15.3. The lowest BCUT2D eigenvalue weighted by molar-refractivity contribution is 0.209. The molecule has 1 atom stereocenters. The molecule has 2 aromatic heterocycles. The first-order chi connectivity index (χ1) is 13.2. The van der Waals surface area contributed by atoms with Crippen molar-refractivity contribution in [3.8, 4) is 17.4 Å². The van der Waals surface area contributed by atoms with E-state index in [0.717, 1.165) is 42.8 Å². The minimum absolute atomic E-state index is 0.207. The van der Waals surface area contributed by atoms with Gasteiger partial charge in [-0.3, -0.25) is 4.90 Å². The van der Waals surface area contributed by atoms with Gasteiger partial charge in [0, 0.05) is 29.9 Å². The molecule has 6 heteroatoms. The van der Waals surface area contributed by atoms with Gasteiger partial charge in [0.15, 0.2) is 5.82 Å². The molecule has 3 aromatic rings. The number of hydrogen-bond acceptors (Lipinski definition) is 5. The predicted octanol–water partition coefficient (Wildman–Crippen LogP) is 2.97. The van der Waals surface area contributed by atoms with Gasteiger partial charge in [-0.15, -0.1) is 0 Å². The van der Waals surface area contributed by atoms with Crippen LogP contribution >= 0.6 is 0 Å². The lowest BCUT2D eigenvalue weighted by Gasteiger charge is -2.31. The second-order valence-electron chi connectivity index (χ2n) is 6.97. The highest BCUT2D eigenvalue weighted by Gasteiger charge is 2.29. The third-order valence-electron chi connectivity index (χ3n) is 5.30. The van der Waals surface area contributed by atoms with Gasteiger partial charge < -0.3 is 9.84 Å². The highest BCUT2D eigenvalue weighted by molar-refractivity contribution is 5.39. The minimum atomic E-state index is 0.207. The quantitative estimate of drug-likeness (QED) is 0.754. The summed E-state index contributed by atoms with van der Waals surface area (Å²) >= 11 is 0. The second-order valence-corrected chi connectivity index (χ2v) is 6.97. The molecule has 0 bridgehead atoms. The Morgan fingerprint density at radius 2 is 2.04 bits per heavy atom. The number of methoxy groups -OCH3 is 1. The maximum atomic E-state index is 10.7. The molecule has 1 unspecified atom stereocenters. The van der Waals surface area contributed by atoms with Crippen molar-refractivity contribution in [2.75, 3.05) is 14.2 Å². The maximum absolute atomic E-state index is 10.7. The Labute approximate surface area is 159 Å². The molecule has 4 rings (SSSR count). The molecular weight excluding hydrogens is 340 g/mol. The SMILES string of the molecule is COc1ccccc1CN(C)C1CCc2nn(-c3ccccn3)c(O)c2C1. The molecule has 0 spiro atoms. The first kappa shape index (κ1) is 17.5. The zero-order valence-corrected chi connectivity index (χ0v) is 15.7. The molecule has 0 saturated carbocycles. The monoisotopic (exact) mass is 364 g/mol. The summed E-state index contributed by atoms with van der Waals surface area (Å²) in [5.74, 6) is 1.76. The molecule has 140 valence electrons. The van der Waals surface area contributed by atoms with Crippen LogP contribution in [-0.4, -0.2) is 45.0 Å². The first-order valence-corrected chi connectivity index (χ1v) is 9.20. The second kappa shape index (κ2) is 7.40. The van der Waals surface area contributed by atoms with Crippen LogP contribution in [0.25, 0.3) is 5.82 Å². The number of benzene rings is 1. The summed E-state index contributed by atoms with van der Waals surface area (Å²) in [4.78, 5) is 6.63. The van der Waals surface area contributed by atoms with Crippen LogP contribution in [0, 0.1) is 0 Å². The molecule has 0 radical (unpaired) electrons. The van der Waals surface area contributed by atoms with Crippen LogP contribution in [0.2, 0.25) is 0 Å². The van der Waals surface area contributed by atoms with Gasteiger partial charge in [-0.25, -0.2) is 4.98 Å². The number of nitrogens with zero attached hydrogens (tertiary/aromatic N) is 4. The highest BCUT2D eigenvalue weighted by Crippen LogP contribution is 2.32. The van der Waals surface area contributed by atoms with Crippen LogP contribution in [0.1, 0.15) is 23.2 Å². The van der Waals surface area contributed by atoms with Gasteiger partial charge in [-0.2, -0.15) is 9.78 Å². The smallest absolute Gasteiger partial charge is 0.219 e. The van der Waals surface area contributed by atoms with Gasteiger partial charge in [0.2, 0.25) is 5.88 Å². The standard InChI is InChI=1S/C21H24N4O2/c1-24(14-15-7-3-4-8-19(15)27-2)16-10-11-18-17(13-16)21(26)25(23-18)20-9-5-6-12-22-20/h3-9,12,16,26H,10-11,13-14H2,1-2H3. The molecule has 0 saturated heterocycles. The molecule has 2 heterocycles. The average Bonchev–Trinajstić information content (AvgIpc) is 3.05. The van der Waals surface area contributed by atoms with Crippen molar-refractivity contribution in [1.29, 1.82) is 0 Å². The third kappa shape index (κ3) is 3.40. The summed E-state index contributed by atoms with van der Waals surface area (Å²) in [6.07, 6.45) is 4.35. The van der Waals surface area contributed by atoms with Gasteiger partial charge in [0.1, 0.15) is 5.75 Å². The lowest BCUT2D eigenvalue weighted by Crippen LogP contribution is -2.35. The van der Waals surface area contributed by atoms with E-state index in [0.29, 0.717) is 11.9 Å². The third-order valence-corrected chi connectivity index (χ3v) is 5.30. The van der Waals surface area contributed by atoms with E-state index in [4.69, 9.17) is 4.74 Å². The number of likely N-dealkylation sites (N-methyl/N-ethyl adjacent to an activating group) is 1. The summed E-state index contributed by atoms with van der Waals surface area (Å²) in [5.41, 5.74) is 3.07. The van der Waals surface area contributed by atoms with E-state index in [2.05, 4.69) is 28.1 Å². The van der Waals surface area contributed by atoms with Crippen LogP contribution < -0.4 is 4.74 Å². The summed E-state index contributed by atoms with van der Waals surface area (Å²) in [7, 11) is 3.83. The van der Waals surface area contributed by atoms with Crippen LogP contribution in [0.3, 0.4) is 0 Å². The number of aromatic hydroxyl groups is 1. The number of aromatic nitrogens is 3. The Morgan fingerprint density at radius 1 is 1.22 bits per heavy atom. The van der Waals surface area contributed by atoms with E-state index in [9.17, 15) is 5.11 Å². The van der Waals surface area contributed by atoms with Crippen LogP contribution in [0.15, 0.2) is 48.7 Å². The molecule has 1 aliphatic carbocycles. The van der Waals surface area contributed by atoms with Crippen molar-refractivity contribution in [2.45, 2.75) is 31.8 Å². The van der Waals surface area contributed by atoms with Crippen molar-refractivity contribution in [2.24, 2.45) is 0 Å². The Balaban J connectivity index is 1.54. The van der Waals surface area contributed by atoms with E-state index in [1.807, 2.05) is 36.4 Å². The largest absolute Gasteiger partial charge is 0.496 e. The fourth-order valence-electron chi connectivity index (χ4n) is 3.78. The Kier molecular flexibility index (Phi) is 4.81. The number of ether oxygens (including phenoxy) is 1. The molecule has 0 aliphatic heterocycles. The number of aryl methyl sites for hydroxylation is 1. The molecule has 1 aliphatic rings. The summed E-state index contributed by atoms with van der Waals surface area (Å²) in [6.45, 7) is 0.805. The Morgan fingerprint density at radius 3 is 2.81 bits per heavy atom. The predicted molar refractivity (Wildman–Crippen MR) is 103 cm³/mol. The maximum Gasteiger partial charge on any atom is 0.219 e. The van der Waals surface area contributed by atoms with Gasteiger partial charge in [-0.1, -0.05) is 24.3 Å². The summed E-state index contributed by atoms with van der Waals surface area (Å²) in [6, 6.07) is 14.1. The molecule has 1 aromatic carbocycles. The minimum Gasteiger partial charge on any atom is -0.496 e. The number of para-hydroxylation sites is 1. The average molecular weight is 364 g/mol. The van der Waals surface area contributed by atoms with Crippen molar-refractivity contribution < 1.29 is 9.84 Å². The zero-order valence-electron chi connectivity index (χ0n) is 15.7. The molecule has 0 fully saturated rings. The van der Waals surface area contributed by atoms with Gasteiger partial charge in [-0.05, 0) is 44.5 Å². The number of fused-ring (bicyclic) bond motifs is 1. The van der Waals surface area contributed by atoms with E-state index in [-0.39, 0.29) is 5.88 Å². The molecule has 6 nitrogen and oxygen atoms in total. The number of pyridine rings is 1. The Bertz CT molecular complexity index is 923. The van der Waals surface area contributed by atoms with Crippen LogP contribution in [-0.2, 0) is 19.4 Å². The topological polar surface area (TPSA) is 63.4 Å². The molecule has 0 amide bonds. The molecular formula is C21H24N4O2. The number of hydrogen-bond donors (Lipinski definition) is 1. The van der Waals surface area contributed by atoms with Crippen LogP contribution in [0.5, 0.6) is 11.6 Å². The number of rotatable bonds is 5. The van der Waals surface area contributed by atoms with Crippen molar-refractivity contribution in [3.63, 3.8) is 0 Å². The van der Waals surface area contributed by atoms with E-state index >= 15 is 0 Å². The van der Waals surface area contributed by atoms with E-state index < -0.39 is 0 Å². The normalized spacial score (nSPS) is 16.3. The van der Waals surface area contributed by atoms with Crippen molar-refractivity contribution >= 4 is 0 Å². The summed E-state index contributed by atoms with van der Waals surface area (Å²) < 4.78 is 7.02. The van der Waals surface area contributed by atoms with Crippen molar-refractivity contribution in [1.82, 2.24) is 19.7 Å². The van der Waals surface area contributed by atoms with Crippen LogP contribution in [0.4, 0.5) is 0 Å². The fourth-order valence-corrected chi connectivity index (χ4v) is 3.78. The fraction of sp³-hybridized carbons (Fsp3) is 0.333. The molecule has 1 N–H and O–H groups in total.